The van der Waals surface area contributed by atoms with Crippen LogP contribution in [0.25, 0.3) is 10.2 Å². The molecule has 2 heterocycles. The van der Waals surface area contributed by atoms with Crippen LogP contribution in [0, 0.1) is 11.7 Å². The van der Waals surface area contributed by atoms with Gasteiger partial charge in [0.05, 0.1) is 5.39 Å². The van der Waals surface area contributed by atoms with E-state index in [0.717, 1.165) is 29.5 Å². The highest BCUT2D eigenvalue weighted by atomic mass is 32.1. The summed E-state index contributed by atoms with van der Waals surface area (Å²) in [5.74, 6) is -0.193. The SMILES string of the molecule is C[C@@H]1CCc2c(sc3nnn([C@H](C)C(=O)Nc4ccc(F)cc4)c(=O)c23)C1. The molecule has 6 nitrogen and oxygen atoms in total. The van der Waals surface area contributed by atoms with Gasteiger partial charge in [-0.15, -0.1) is 16.4 Å². The number of amides is 1. The predicted molar refractivity (Wildman–Crippen MR) is 103 cm³/mol. The summed E-state index contributed by atoms with van der Waals surface area (Å²) in [6.07, 6.45) is 2.85. The zero-order chi connectivity index (χ0) is 19.1. The number of nitrogens with zero attached hydrogens (tertiary/aromatic N) is 3. The number of rotatable bonds is 3. The number of halogens is 1. The van der Waals surface area contributed by atoms with Crippen molar-refractivity contribution in [2.75, 3.05) is 5.32 Å². The van der Waals surface area contributed by atoms with Gasteiger partial charge in [0, 0.05) is 10.6 Å². The molecule has 4 rings (SSSR count). The number of carbonyl (C=O) groups excluding carboxylic acids is 1. The van der Waals surface area contributed by atoms with Crippen LogP contribution in [0.15, 0.2) is 29.1 Å². The monoisotopic (exact) mass is 386 g/mol. The number of benzene rings is 1. The van der Waals surface area contributed by atoms with Crippen LogP contribution in [-0.2, 0) is 17.6 Å². The maximum Gasteiger partial charge on any atom is 0.279 e. The van der Waals surface area contributed by atoms with E-state index < -0.39 is 11.9 Å². The van der Waals surface area contributed by atoms with Crippen molar-refractivity contribution in [2.45, 2.75) is 39.2 Å². The number of anilines is 1. The van der Waals surface area contributed by atoms with E-state index in [9.17, 15) is 14.0 Å². The molecule has 0 radical (unpaired) electrons. The van der Waals surface area contributed by atoms with E-state index in [1.807, 2.05) is 0 Å². The van der Waals surface area contributed by atoms with Crippen LogP contribution in [0.5, 0.6) is 0 Å². The molecule has 0 saturated heterocycles. The average Bonchev–Trinajstić information content (AvgIpc) is 3.01. The number of nitrogens with one attached hydrogen (secondary N) is 1. The molecule has 0 fully saturated rings. The summed E-state index contributed by atoms with van der Waals surface area (Å²) >= 11 is 1.53. The van der Waals surface area contributed by atoms with Crippen LogP contribution in [0.1, 0.15) is 36.8 Å². The van der Waals surface area contributed by atoms with Gasteiger partial charge in [0.15, 0.2) is 4.83 Å². The maximum absolute atomic E-state index is 13.0. The Morgan fingerprint density at radius 1 is 1.37 bits per heavy atom. The molecule has 1 aliphatic carbocycles. The third-order valence-corrected chi connectivity index (χ3v) is 6.14. The van der Waals surface area contributed by atoms with E-state index in [1.165, 1.54) is 40.5 Å². The van der Waals surface area contributed by atoms with Gasteiger partial charge < -0.3 is 5.32 Å². The quantitative estimate of drug-likeness (QED) is 0.749. The fraction of sp³-hybridized carbons (Fsp3) is 0.368. The molecule has 0 unspecified atom stereocenters. The molecule has 0 saturated carbocycles. The standard InChI is InChI=1S/C19H19FN4O2S/c1-10-3-8-14-15(9-10)27-18-16(14)19(26)24(23-22-18)11(2)17(25)21-13-6-4-12(20)5-7-13/h4-7,10-11H,3,8-9H2,1-2H3,(H,21,25)/t10-,11-/m1/s1. The summed E-state index contributed by atoms with van der Waals surface area (Å²) in [4.78, 5) is 27.4. The van der Waals surface area contributed by atoms with Gasteiger partial charge in [-0.25, -0.2) is 4.39 Å². The van der Waals surface area contributed by atoms with Crippen LogP contribution in [0.4, 0.5) is 10.1 Å². The molecule has 3 aromatic rings. The van der Waals surface area contributed by atoms with E-state index in [4.69, 9.17) is 0 Å². The molecular weight excluding hydrogens is 367 g/mol. The van der Waals surface area contributed by atoms with Crippen molar-refractivity contribution >= 4 is 33.1 Å². The summed E-state index contributed by atoms with van der Waals surface area (Å²) in [5, 5.41) is 11.5. The first-order chi connectivity index (χ1) is 12.9. The van der Waals surface area contributed by atoms with Crippen molar-refractivity contribution in [2.24, 2.45) is 5.92 Å². The highest BCUT2D eigenvalue weighted by Gasteiger charge is 2.26. The lowest BCUT2D eigenvalue weighted by Gasteiger charge is -2.17. The molecule has 140 valence electrons. The lowest BCUT2D eigenvalue weighted by atomic mass is 9.89. The first-order valence-corrected chi connectivity index (χ1v) is 9.72. The number of aromatic nitrogens is 3. The average molecular weight is 386 g/mol. The minimum Gasteiger partial charge on any atom is -0.324 e. The van der Waals surface area contributed by atoms with E-state index in [2.05, 4.69) is 22.6 Å². The normalized spacial score (nSPS) is 17.5. The van der Waals surface area contributed by atoms with Crippen molar-refractivity contribution in [3.05, 3.63) is 50.9 Å². The van der Waals surface area contributed by atoms with Gasteiger partial charge in [0.2, 0.25) is 5.91 Å². The van der Waals surface area contributed by atoms with Gasteiger partial charge >= 0.3 is 0 Å². The van der Waals surface area contributed by atoms with E-state index in [1.54, 1.807) is 6.92 Å². The predicted octanol–water partition coefficient (Wildman–Crippen LogP) is 3.32. The summed E-state index contributed by atoms with van der Waals surface area (Å²) < 4.78 is 14.1. The summed E-state index contributed by atoms with van der Waals surface area (Å²) in [6.45, 7) is 3.81. The largest absolute Gasteiger partial charge is 0.324 e. The smallest absolute Gasteiger partial charge is 0.279 e. The lowest BCUT2D eigenvalue weighted by molar-refractivity contribution is -0.119. The van der Waals surface area contributed by atoms with Crippen molar-refractivity contribution in [3.8, 4) is 0 Å². The third-order valence-electron chi connectivity index (χ3n) is 5.01. The molecular formula is C19H19FN4O2S. The maximum atomic E-state index is 13.0. The molecule has 0 aliphatic heterocycles. The van der Waals surface area contributed by atoms with Gasteiger partial charge in [-0.1, -0.05) is 12.1 Å². The number of hydrogen-bond donors (Lipinski definition) is 1. The Morgan fingerprint density at radius 2 is 2.11 bits per heavy atom. The Labute approximate surface area is 159 Å². The Balaban J connectivity index is 1.66. The second-order valence-corrected chi connectivity index (χ2v) is 8.13. The molecule has 0 spiro atoms. The molecule has 2 aromatic heterocycles. The van der Waals surface area contributed by atoms with Crippen LogP contribution in [-0.4, -0.2) is 20.9 Å². The van der Waals surface area contributed by atoms with Gasteiger partial charge in [-0.2, -0.15) is 4.68 Å². The first-order valence-electron chi connectivity index (χ1n) is 8.90. The second kappa shape index (κ2) is 6.84. The number of fused-ring (bicyclic) bond motifs is 3. The molecule has 1 amide bonds. The van der Waals surface area contributed by atoms with Gasteiger partial charge in [0.25, 0.3) is 5.56 Å². The minimum absolute atomic E-state index is 0.284. The number of carbonyl (C=O) groups is 1. The summed E-state index contributed by atoms with van der Waals surface area (Å²) in [7, 11) is 0. The molecule has 2 atom stereocenters. The van der Waals surface area contributed by atoms with Gasteiger partial charge in [-0.3, -0.25) is 9.59 Å². The topological polar surface area (TPSA) is 76.9 Å². The van der Waals surface area contributed by atoms with E-state index >= 15 is 0 Å². The molecule has 1 N–H and O–H groups in total. The summed E-state index contributed by atoms with van der Waals surface area (Å²) in [6, 6.07) is 4.62. The Kier molecular flexibility index (Phi) is 4.51. The zero-order valence-corrected chi connectivity index (χ0v) is 15.8. The molecule has 27 heavy (non-hydrogen) atoms. The Hall–Kier alpha value is -2.61. The molecule has 1 aromatic carbocycles. The minimum atomic E-state index is -0.836. The number of hydrogen-bond acceptors (Lipinski definition) is 5. The fourth-order valence-electron chi connectivity index (χ4n) is 3.42. The Morgan fingerprint density at radius 3 is 2.85 bits per heavy atom. The number of thiophene rings is 1. The van der Waals surface area contributed by atoms with E-state index in [0.29, 0.717) is 21.8 Å². The highest BCUT2D eigenvalue weighted by Crippen LogP contribution is 2.35. The van der Waals surface area contributed by atoms with Crippen molar-refractivity contribution in [3.63, 3.8) is 0 Å². The highest BCUT2D eigenvalue weighted by molar-refractivity contribution is 7.18. The molecule has 0 bridgehead atoms. The fourth-order valence-corrected chi connectivity index (χ4v) is 4.73. The van der Waals surface area contributed by atoms with E-state index in [-0.39, 0.29) is 11.4 Å². The van der Waals surface area contributed by atoms with Crippen LogP contribution >= 0.6 is 11.3 Å². The Bertz CT molecular complexity index is 1070. The molecule has 1 aliphatic rings. The van der Waals surface area contributed by atoms with Gasteiger partial charge in [0.1, 0.15) is 11.9 Å². The van der Waals surface area contributed by atoms with Crippen LogP contribution in [0.3, 0.4) is 0 Å². The number of aryl methyl sites for hydroxylation is 1. The van der Waals surface area contributed by atoms with Crippen molar-refractivity contribution in [1.82, 2.24) is 15.0 Å². The molecule has 8 heteroatoms. The lowest BCUT2D eigenvalue weighted by Crippen LogP contribution is -2.34. The van der Waals surface area contributed by atoms with Crippen molar-refractivity contribution in [1.29, 1.82) is 0 Å². The van der Waals surface area contributed by atoms with Crippen LogP contribution in [0.2, 0.25) is 0 Å². The van der Waals surface area contributed by atoms with Crippen molar-refractivity contribution < 1.29 is 9.18 Å². The third kappa shape index (κ3) is 3.25. The van der Waals surface area contributed by atoms with Gasteiger partial charge in [-0.05, 0) is 61.9 Å². The zero-order valence-electron chi connectivity index (χ0n) is 15.0. The second-order valence-electron chi connectivity index (χ2n) is 7.04. The van der Waals surface area contributed by atoms with Crippen LogP contribution < -0.4 is 10.9 Å². The summed E-state index contributed by atoms with van der Waals surface area (Å²) in [5.41, 5.74) is 1.24. The first kappa shape index (κ1) is 17.8.